The number of hydrogen-bond donors (Lipinski definition) is 1. The molecule has 1 aliphatic heterocycles. The van der Waals surface area contributed by atoms with Crippen LogP contribution in [-0.2, 0) is 4.79 Å². The average molecular weight is 250 g/mol. The maximum absolute atomic E-state index is 11.4. The van der Waals surface area contributed by atoms with Crippen molar-refractivity contribution in [2.45, 2.75) is 4.90 Å². The maximum atomic E-state index is 11.4. The summed E-state index contributed by atoms with van der Waals surface area (Å²) in [5.74, 6) is 0.00788. The van der Waals surface area contributed by atoms with Crippen LogP contribution in [0.1, 0.15) is 10.4 Å². The van der Waals surface area contributed by atoms with E-state index in [4.69, 9.17) is 0 Å². The van der Waals surface area contributed by atoms with Gasteiger partial charge in [-0.25, -0.2) is 0 Å². The van der Waals surface area contributed by atoms with Crippen LogP contribution in [0.3, 0.4) is 0 Å². The molecule has 1 amide bonds. The molecular weight excluding hydrogens is 236 g/mol. The number of carbonyl (C=O) groups excluding carboxylic acids is 2. The van der Waals surface area contributed by atoms with Gasteiger partial charge in [0.15, 0.2) is 0 Å². The lowest BCUT2D eigenvalue weighted by Crippen LogP contribution is -2.14. The minimum Gasteiger partial charge on any atom is -0.318 e. The second kappa shape index (κ2) is 4.89. The van der Waals surface area contributed by atoms with Gasteiger partial charge in [-0.3, -0.25) is 9.59 Å². The Kier molecular flexibility index (Phi) is 3.49. The smallest absolute Gasteiger partial charge is 0.296 e. The van der Waals surface area contributed by atoms with Crippen molar-refractivity contribution in [3.63, 3.8) is 0 Å². The molecule has 0 unspecified atom stereocenters. The summed E-state index contributed by atoms with van der Waals surface area (Å²) in [5.41, 5.74) is 1.11. The van der Waals surface area contributed by atoms with Gasteiger partial charge in [0, 0.05) is 17.2 Å². The highest BCUT2D eigenvalue weighted by molar-refractivity contribution is 7.99. The molecule has 2 rings (SSSR count). The van der Waals surface area contributed by atoms with E-state index in [1.54, 1.807) is 17.8 Å². The number of rotatable bonds is 4. The van der Waals surface area contributed by atoms with E-state index in [1.165, 1.54) is 0 Å². The van der Waals surface area contributed by atoms with E-state index in [2.05, 4.69) is 10.2 Å². The van der Waals surface area contributed by atoms with Crippen LogP contribution in [0.4, 0.5) is 5.69 Å². The van der Waals surface area contributed by atoms with E-state index in [0.29, 0.717) is 11.3 Å². The molecule has 0 spiro atoms. The molecule has 1 aromatic carbocycles. The summed E-state index contributed by atoms with van der Waals surface area (Å²) in [6, 6.07) is 5.46. The van der Waals surface area contributed by atoms with Crippen LogP contribution in [0.2, 0.25) is 0 Å². The molecule has 0 radical (unpaired) electrons. The zero-order valence-electron chi connectivity index (χ0n) is 9.82. The Labute approximate surface area is 104 Å². The lowest BCUT2D eigenvalue weighted by atomic mass is 10.1. The van der Waals surface area contributed by atoms with Gasteiger partial charge in [-0.15, -0.1) is 11.8 Å². The summed E-state index contributed by atoms with van der Waals surface area (Å²) < 4.78 is 0. The number of ketones is 1. The van der Waals surface area contributed by atoms with Crippen molar-refractivity contribution in [2.24, 2.45) is 0 Å². The van der Waals surface area contributed by atoms with E-state index >= 15 is 0 Å². The number of thioether (sulfide) groups is 1. The molecule has 0 aliphatic carbocycles. The van der Waals surface area contributed by atoms with Crippen LogP contribution in [0, 0.1) is 0 Å². The van der Waals surface area contributed by atoms with Crippen LogP contribution < -0.4 is 5.32 Å². The first-order valence-electron chi connectivity index (χ1n) is 5.35. The molecule has 1 N–H and O–H groups in total. The lowest BCUT2D eigenvalue weighted by Gasteiger charge is -2.09. The van der Waals surface area contributed by atoms with Crippen LogP contribution in [0.5, 0.6) is 0 Å². The van der Waals surface area contributed by atoms with Crippen molar-refractivity contribution in [2.75, 3.05) is 31.7 Å². The van der Waals surface area contributed by atoms with Gasteiger partial charge in [0.25, 0.3) is 11.7 Å². The van der Waals surface area contributed by atoms with Crippen molar-refractivity contribution in [1.29, 1.82) is 0 Å². The van der Waals surface area contributed by atoms with E-state index in [-0.39, 0.29) is 0 Å². The molecule has 17 heavy (non-hydrogen) atoms. The highest BCUT2D eigenvalue weighted by Gasteiger charge is 2.27. The highest BCUT2D eigenvalue weighted by atomic mass is 32.2. The Morgan fingerprint density at radius 1 is 1.29 bits per heavy atom. The molecule has 5 heteroatoms. The Morgan fingerprint density at radius 3 is 2.76 bits per heavy atom. The van der Waals surface area contributed by atoms with E-state index in [9.17, 15) is 9.59 Å². The standard InChI is InChI=1S/C12H14N2O2S/c1-14(2)5-6-17-8-3-4-9-10(7-8)13-12(16)11(9)15/h3-4,7H,5-6H2,1-2H3,(H,13,15,16). The number of nitrogens with one attached hydrogen (secondary N) is 1. The minimum atomic E-state index is -0.532. The molecule has 0 fully saturated rings. The monoisotopic (exact) mass is 250 g/mol. The zero-order chi connectivity index (χ0) is 12.4. The Hall–Kier alpha value is -1.33. The number of hydrogen-bond acceptors (Lipinski definition) is 4. The zero-order valence-corrected chi connectivity index (χ0v) is 10.6. The van der Waals surface area contributed by atoms with Gasteiger partial charge in [-0.05, 0) is 32.3 Å². The van der Waals surface area contributed by atoms with Crippen LogP contribution in [0.25, 0.3) is 0 Å². The van der Waals surface area contributed by atoms with Gasteiger partial charge >= 0.3 is 0 Å². The number of fused-ring (bicyclic) bond motifs is 1. The molecular formula is C12H14N2O2S. The van der Waals surface area contributed by atoms with Crippen LogP contribution in [0.15, 0.2) is 23.1 Å². The van der Waals surface area contributed by atoms with Crippen LogP contribution in [-0.4, -0.2) is 43.0 Å². The summed E-state index contributed by atoms with van der Waals surface area (Å²) >= 11 is 1.71. The van der Waals surface area contributed by atoms with Gasteiger partial charge in [0.05, 0.1) is 11.3 Å². The van der Waals surface area contributed by atoms with Crippen molar-refractivity contribution in [3.05, 3.63) is 23.8 Å². The second-order valence-electron chi connectivity index (χ2n) is 4.14. The summed E-state index contributed by atoms with van der Waals surface area (Å²) in [6.07, 6.45) is 0. The number of anilines is 1. The molecule has 1 aliphatic rings. The second-order valence-corrected chi connectivity index (χ2v) is 5.31. The Bertz CT molecular complexity index is 472. The summed E-state index contributed by atoms with van der Waals surface area (Å²) in [7, 11) is 4.06. The Balaban J connectivity index is 2.06. The third-order valence-corrected chi connectivity index (χ3v) is 3.47. The molecule has 1 heterocycles. The van der Waals surface area contributed by atoms with Crippen molar-refractivity contribution in [3.8, 4) is 0 Å². The largest absolute Gasteiger partial charge is 0.318 e. The van der Waals surface area contributed by atoms with Gasteiger partial charge in [-0.1, -0.05) is 0 Å². The summed E-state index contributed by atoms with van der Waals surface area (Å²) in [4.78, 5) is 25.7. The third kappa shape index (κ3) is 2.68. The SMILES string of the molecule is CN(C)CCSc1ccc2c(c1)NC(=O)C2=O. The van der Waals surface area contributed by atoms with Crippen LogP contribution >= 0.6 is 11.8 Å². The predicted molar refractivity (Wildman–Crippen MR) is 68.7 cm³/mol. The maximum Gasteiger partial charge on any atom is 0.296 e. The first-order chi connectivity index (χ1) is 8.08. The average Bonchev–Trinajstić information content (AvgIpc) is 2.54. The molecule has 0 atom stereocenters. The van der Waals surface area contributed by atoms with E-state index < -0.39 is 11.7 Å². The summed E-state index contributed by atoms with van der Waals surface area (Å²) in [6.45, 7) is 0.993. The number of amides is 1. The molecule has 0 bridgehead atoms. The number of nitrogens with zero attached hydrogens (tertiary/aromatic N) is 1. The van der Waals surface area contributed by atoms with Gasteiger partial charge in [0.1, 0.15) is 0 Å². The molecule has 0 aromatic heterocycles. The topological polar surface area (TPSA) is 49.4 Å². The highest BCUT2D eigenvalue weighted by Crippen LogP contribution is 2.28. The van der Waals surface area contributed by atoms with E-state index in [1.807, 2.05) is 26.2 Å². The fourth-order valence-corrected chi connectivity index (χ4v) is 2.62. The van der Waals surface area contributed by atoms with Crippen molar-refractivity contribution >= 4 is 29.1 Å². The molecule has 90 valence electrons. The van der Waals surface area contributed by atoms with E-state index in [0.717, 1.165) is 17.2 Å². The lowest BCUT2D eigenvalue weighted by molar-refractivity contribution is -0.112. The quantitative estimate of drug-likeness (QED) is 0.649. The van der Waals surface area contributed by atoms with Gasteiger partial charge in [0.2, 0.25) is 0 Å². The fraction of sp³-hybridized carbons (Fsp3) is 0.333. The molecule has 4 nitrogen and oxygen atoms in total. The van der Waals surface area contributed by atoms with Crippen molar-refractivity contribution in [1.82, 2.24) is 4.90 Å². The predicted octanol–water partition coefficient (Wildman–Crippen LogP) is 1.48. The Morgan fingerprint density at radius 2 is 2.06 bits per heavy atom. The first kappa shape index (κ1) is 12.1. The van der Waals surface area contributed by atoms with Gasteiger partial charge < -0.3 is 10.2 Å². The third-order valence-electron chi connectivity index (χ3n) is 2.50. The normalized spacial score (nSPS) is 14.1. The molecule has 0 saturated carbocycles. The first-order valence-corrected chi connectivity index (χ1v) is 6.34. The van der Waals surface area contributed by atoms with Gasteiger partial charge in [-0.2, -0.15) is 0 Å². The minimum absolute atomic E-state index is 0.440. The number of Topliss-reactive ketones (excluding diaryl/α,β-unsaturated/α-hetero) is 1. The van der Waals surface area contributed by atoms with Crippen molar-refractivity contribution < 1.29 is 9.59 Å². The summed E-state index contributed by atoms with van der Waals surface area (Å²) in [5, 5.41) is 2.57. The number of benzene rings is 1. The fourth-order valence-electron chi connectivity index (χ4n) is 1.56. The molecule has 0 saturated heterocycles. The molecule has 1 aromatic rings. The number of carbonyl (C=O) groups is 2.